The topological polar surface area (TPSA) is 49.4 Å². The summed E-state index contributed by atoms with van der Waals surface area (Å²) in [5.41, 5.74) is 0.764. The monoisotopic (exact) mass is 360 g/mol. The molecule has 0 saturated carbocycles. The van der Waals surface area contributed by atoms with Gasteiger partial charge in [-0.15, -0.1) is 23.1 Å². The van der Waals surface area contributed by atoms with Crippen molar-refractivity contribution in [3.63, 3.8) is 0 Å². The smallest absolute Gasteiger partial charge is 0.246 e. The van der Waals surface area contributed by atoms with Crippen molar-refractivity contribution < 1.29 is 9.59 Å². The van der Waals surface area contributed by atoms with E-state index in [2.05, 4.69) is 5.32 Å². The van der Waals surface area contributed by atoms with Gasteiger partial charge in [0, 0.05) is 27.8 Å². The van der Waals surface area contributed by atoms with Crippen LogP contribution >= 0.6 is 23.1 Å². The van der Waals surface area contributed by atoms with E-state index in [0.717, 1.165) is 15.5 Å². The zero-order valence-corrected chi connectivity index (χ0v) is 15.5. The quantitative estimate of drug-likeness (QED) is 0.628. The molecular formula is C18H20N2O2S2. The van der Waals surface area contributed by atoms with Gasteiger partial charge in [-0.05, 0) is 43.5 Å². The second kappa shape index (κ2) is 8.70. The van der Waals surface area contributed by atoms with Gasteiger partial charge in [0.1, 0.15) is 0 Å². The minimum Gasteiger partial charge on any atom is -0.333 e. The Balaban J connectivity index is 1.91. The molecule has 0 aliphatic heterocycles. The summed E-state index contributed by atoms with van der Waals surface area (Å²) >= 11 is 3.19. The van der Waals surface area contributed by atoms with Crippen LogP contribution in [0.5, 0.6) is 0 Å². The van der Waals surface area contributed by atoms with E-state index < -0.39 is 0 Å². The number of hydrogen-bond donors (Lipinski definition) is 1. The standard InChI is InChI=1S/C18H20N2O2S2/c1-13-8-9-14(24-13)10-11-18(22)20(2)12-17(21)19-15-6-4-5-7-16(15)23-3/h4-11H,12H2,1-3H3,(H,19,21)/b11-10+. The molecule has 2 rings (SSSR count). The molecular weight excluding hydrogens is 340 g/mol. The molecule has 0 aliphatic carbocycles. The van der Waals surface area contributed by atoms with Crippen molar-refractivity contribution in [3.8, 4) is 0 Å². The van der Waals surface area contributed by atoms with Crippen LogP contribution in [-0.2, 0) is 9.59 Å². The van der Waals surface area contributed by atoms with Crippen molar-refractivity contribution in [1.82, 2.24) is 4.90 Å². The molecule has 2 aromatic rings. The van der Waals surface area contributed by atoms with Crippen LogP contribution in [0.1, 0.15) is 9.75 Å². The molecule has 6 heteroatoms. The van der Waals surface area contributed by atoms with Crippen LogP contribution in [0.3, 0.4) is 0 Å². The number of hydrogen-bond acceptors (Lipinski definition) is 4. The first-order chi connectivity index (χ1) is 11.5. The Bertz CT molecular complexity index is 753. The van der Waals surface area contributed by atoms with Crippen LogP contribution in [-0.4, -0.2) is 36.6 Å². The Morgan fingerprint density at radius 1 is 1.25 bits per heavy atom. The molecule has 126 valence electrons. The lowest BCUT2D eigenvalue weighted by atomic mass is 10.3. The van der Waals surface area contributed by atoms with Crippen LogP contribution in [0, 0.1) is 6.92 Å². The average molecular weight is 361 g/mol. The highest BCUT2D eigenvalue weighted by Gasteiger charge is 2.12. The van der Waals surface area contributed by atoms with E-state index in [1.165, 1.54) is 15.9 Å². The molecule has 1 aromatic heterocycles. The molecule has 0 atom stereocenters. The molecule has 4 nitrogen and oxygen atoms in total. The van der Waals surface area contributed by atoms with Crippen LogP contribution in [0.15, 0.2) is 47.4 Å². The molecule has 1 aromatic carbocycles. The first-order valence-electron chi connectivity index (χ1n) is 7.42. The lowest BCUT2D eigenvalue weighted by Crippen LogP contribution is -2.33. The predicted octanol–water partition coefficient (Wildman–Crippen LogP) is 3.89. The fraction of sp³-hybridized carbons (Fsp3) is 0.222. The molecule has 0 unspecified atom stereocenters. The molecule has 24 heavy (non-hydrogen) atoms. The van der Waals surface area contributed by atoms with E-state index in [1.807, 2.05) is 49.6 Å². The zero-order chi connectivity index (χ0) is 17.5. The third-order valence-electron chi connectivity index (χ3n) is 3.29. The van der Waals surface area contributed by atoms with Gasteiger partial charge in [-0.25, -0.2) is 0 Å². The lowest BCUT2D eigenvalue weighted by Gasteiger charge is -2.15. The van der Waals surface area contributed by atoms with E-state index in [4.69, 9.17) is 0 Å². The summed E-state index contributed by atoms with van der Waals surface area (Å²) in [6, 6.07) is 11.6. The first-order valence-corrected chi connectivity index (χ1v) is 9.46. The number of aryl methyl sites for hydroxylation is 1. The highest BCUT2D eigenvalue weighted by Crippen LogP contribution is 2.24. The zero-order valence-electron chi connectivity index (χ0n) is 13.9. The van der Waals surface area contributed by atoms with Gasteiger partial charge in [0.2, 0.25) is 11.8 Å². The van der Waals surface area contributed by atoms with E-state index >= 15 is 0 Å². The molecule has 0 fully saturated rings. The van der Waals surface area contributed by atoms with Gasteiger partial charge < -0.3 is 10.2 Å². The van der Waals surface area contributed by atoms with Crippen molar-refractivity contribution in [3.05, 3.63) is 52.2 Å². The average Bonchev–Trinajstić information content (AvgIpc) is 2.98. The van der Waals surface area contributed by atoms with E-state index in [-0.39, 0.29) is 18.4 Å². The number of para-hydroxylation sites is 1. The fourth-order valence-electron chi connectivity index (χ4n) is 2.05. The molecule has 0 spiro atoms. The van der Waals surface area contributed by atoms with Crippen LogP contribution in [0.2, 0.25) is 0 Å². The maximum atomic E-state index is 12.1. The Morgan fingerprint density at radius 2 is 2.00 bits per heavy atom. The number of likely N-dealkylation sites (N-methyl/N-ethyl adjacent to an activating group) is 1. The Morgan fingerprint density at radius 3 is 2.67 bits per heavy atom. The number of thiophene rings is 1. The number of amides is 2. The van der Waals surface area contributed by atoms with Gasteiger partial charge in [-0.2, -0.15) is 0 Å². The van der Waals surface area contributed by atoms with Crippen LogP contribution < -0.4 is 5.32 Å². The molecule has 0 saturated heterocycles. The molecule has 0 bridgehead atoms. The summed E-state index contributed by atoms with van der Waals surface area (Å²) in [6.07, 6.45) is 5.23. The third kappa shape index (κ3) is 5.25. The van der Waals surface area contributed by atoms with Crippen molar-refractivity contribution in [2.75, 3.05) is 25.2 Å². The summed E-state index contributed by atoms with van der Waals surface area (Å²) in [5.74, 6) is -0.415. The minimum absolute atomic E-state index is 0.00928. The molecule has 1 N–H and O–H groups in total. The number of rotatable bonds is 6. The number of benzene rings is 1. The molecule has 0 aliphatic rings. The highest BCUT2D eigenvalue weighted by molar-refractivity contribution is 7.98. The first kappa shape index (κ1) is 18.3. The minimum atomic E-state index is -0.215. The van der Waals surface area contributed by atoms with Crippen molar-refractivity contribution in [2.24, 2.45) is 0 Å². The number of nitrogens with one attached hydrogen (secondary N) is 1. The third-order valence-corrected chi connectivity index (χ3v) is 5.05. The molecule has 2 amide bonds. The van der Waals surface area contributed by atoms with E-state index in [0.29, 0.717) is 0 Å². The number of nitrogens with zero attached hydrogens (tertiary/aromatic N) is 1. The SMILES string of the molecule is CSc1ccccc1NC(=O)CN(C)C(=O)/C=C/c1ccc(C)s1. The highest BCUT2D eigenvalue weighted by atomic mass is 32.2. The normalized spacial score (nSPS) is 10.8. The van der Waals surface area contributed by atoms with Gasteiger partial charge in [0.05, 0.1) is 12.2 Å². The van der Waals surface area contributed by atoms with E-state index in [9.17, 15) is 9.59 Å². The Hall–Kier alpha value is -2.05. The largest absolute Gasteiger partial charge is 0.333 e. The van der Waals surface area contributed by atoms with Gasteiger partial charge >= 0.3 is 0 Å². The van der Waals surface area contributed by atoms with E-state index in [1.54, 1.807) is 36.2 Å². The van der Waals surface area contributed by atoms with Gasteiger partial charge in [-0.3, -0.25) is 9.59 Å². The summed E-state index contributed by atoms with van der Waals surface area (Å²) in [7, 11) is 1.62. The summed E-state index contributed by atoms with van der Waals surface area (Å²) in [4.78, 5) is 28.8. The van der Waals surface area contributed by atoms with Crippen molar-refractivity contribution in [1.29, 1.82) is 0 Å². The number of carbonyl (C=O) groups is 2. The number of carbonyl (C=O) groups excluding carboxylic acids is 2. The van der Waals surface area contributed by atoms with Crippen LogP contribution in [0.4, 0.5) is 5.69 Å². The fourth-order valence-corrected chi connectivity index (χ4v) is 3.39. The van der Waals surface area contributed by atoms with Crippen LogP contribution in [0.25, 0.3) is 6.08 Å². The second-order valence-corrected chi connectivity index (χ2v) is 7.39. The van der Waals surface area contributed by atoms with Gasteiger partial charge in [0.25, 0.3) is 0 Å². The summed E-state index contributed by atoms with van der Waals surface area (Å²) in [5, 5.41) is 2.85. The van der Waals surface area contributed by atoms with Crippen molar-refractivity contribution in [2.45, 2.75) is 11.8 Å². The maximum Gasteiger partial charge on any atom is 0.246 e. The summed E-state index contributed by atoms with van der Waals surface area (Å²) in [6.45, 7) is 2.03. The predicted molar refractivity (Wildman–Crippen MR) is 103 cm³/mol. The molecule has 1 heterocycles. The Labute approximate surface area is 150 Å². The summed E-state index contributed by atoms with van der Waals surface area (Å²) < 4.78 is 0. The number of anilines is 1. The molecule has 0 radical (unpaired) electrons. The number of thioether (sulfide) groups is 1. The van der Waals surface area contributed by atoms with Gasteiger partial charge in [-0.1, -0.05) is 12.1 Å². The Kier molecular flexibility index (Phi) is 6.63. The van der Waals surface area contributed by atoms with Gasteiger partial charge in [0.15, 0.2) is 0 Å². The second-order valence-electron chi connectivity index (χ2n) is 5.22. The van der Waals surface area contributed by atoms with Crippen molar-refractivity contribution >= 4 is 46.7 Å². The lowest BCUT2D eigenvalue weighted by molar-refractivity contribution is -0.129. The maximum absolute atomic E-state index is 12.1.